The monoisotopic (exact) mass is 463 g/mol. The Balaban J connectivity index is 1.75. The van der Waals surface area contributed by atoms with Crippen molar-refractivity contribution < 1.29 is 14.3 Å². The first kappa shape index (κ1) is 24.3. The first-order chi connectivity index (χ1) is 16.2. The highest BCUT2D eigenvalue weighted by atomic mass is 16.5. The van der Waals surface area contributed by atoms with Crippen LogP contribution >= 0.6 is 0 Å². The minimum atomic E-state index is 0.0596. The number of hydrogen-bond donors (Lipinski definition) is 0. The van der Waals surface area contributed by atoms with E-state index in [0.717, 1.165) is 42.1 Å². The Morgan fingerprint density at radius 2 is 1.65 bits per heavy atom. The van der Waals surface area contributed by atoms with Crippen molar-refractivity contribution in [3.05, 3.63) is 58.7 Å². The number of likely N-dealkylation sites (tertiary alicyclic amines) is 1. The molecule has 2 heterocycles. The van der Waals surface area contributed by atoms with Crippen LogP contribution in [0.1, 0.15) is 67.1 Å². The summed E-state index contributed by atoms with van der Waals surface area (Å²) in [5.74, 6) is 1.83. The molecule has 2 aliphatic heterocycles. The van der Waals surface area contributed by atoms with Gasteiger partial charge in [0.25, 0.3) is 5.91 Å². The Labute approximate surface area is 203 Å². The van der Waals surface area contributed by atoms with Crippen LogP contribution in [0.5, 0.6) is 11.5 Å². The third kappa shape index (κ3) is 4.43. The van der Waals surface area contributed by atoms with E-state index in [1.807, 2.05) is 29.2 Å². The molecular formula is C28H37N3O3. The summed E-state index contributed by atoms with van der Waals surface area (Å²) in [4.78, 5) is 22.7. The molecule has 0 aromatic heterocycles. The lowest BCUT2D eigenvalue weighted by Gasteiger charge is -2.39. The molecule has 0 radical (unpaired) electrons. The second-order valence-corrected chi connectivity index (χ2v) is 9.97. The van der Waals surface area contributed by atoms with Gasteiger partial charge < -0.3 is 19.3 Å². The van der Waals surface area contributed by atoms with E-state index in [2.05, 4.69) is 51.8 Å². The standard InChI is InChI=1S/C28H37N3O3/c1-17(2)31(18(3)4)28(32)20-10-8-19(9-11-20)27-22-15-26(34-7)25(33-6)14-21(22)23-16-30(5)13-12-24(23)29-27/h8-11,14-15,17-18,23-24H,12-13,16H2,1-7H3/t23-,24-/m1/s1. The molecule has 182 valence electrons. The van der Waals surface area contributed by atoms with Gasteiger partial charge >= 0.3 is 0 Å². The zero-order chi connectivity index (χ0) is 24.6. The van der Waals surface area contributed by atoms with E-state index in [9.17, 15) is 4.79 Å². The minimum Gasteiger partial charge on any atom is -0.493 e. The number of fused-ring (bicyclic) bond motifs is 3. The van der Waals surface area contributed by atoms with Gasteiger partial charge in [0.1, 0.15) is 0 Å². The van der Waals surface area contributed by atoms with Gasteiger partial charge in [0.2, 0.25) is 0 Å². The maximum atomic E-state index is 13.1. The fraction of sp³-hybridized carbons (Fsp3) is 0.500. The van der Waals surface area contributed by atoms with Crippen LogP contribution in [-0.2, 0) is 0 Å². The van der Waals surface area contributed by atoms with Crippen LogP contribution in [0.2, 0.25) is 0 Å². The number of methoxy groups -OCH3 is 2. The lowest BCUT2D eigenvalue weighted by Crippen LogP contribution is -2.42. The molecule has 6 nitrogen and oxygen atoms in total. The van der Waals surface area contributed by atoms with Crippen LogP contribution in [0.15, 0.2) is 41.4 Å². The Bertz CT molecular complexity index is 1070. The minimum absolute atomic E-state index is 0.0596. The maximum absolute atomic E-state index is 13.1. The average molecular weight is 464 g/mol. The molecule has 34 heavy (non-hydrogen) atoms. The van der Waals surface area contributed by atoms with Crippen LogP contribution < -0.4 is 9.47 Å². The smallest absolute Gasteiger partial charge is 0.254 e. The summed E-state index contributed by atoms with van der Waals surface area (Å²) in [6.07, 6.45) is 1.02. The number of piperidine rings is 1. The molecule has 0 saturated carbocycles. The van der Waals surface area contributed by atoms with E-state index in [4.69, 9.17) is 14.5 Å². The van der Waals surface area contributed by atoms with E-state index in [1.54, 1.807) is 14.2 Å². The van der Waals surface area contributed by atoms with Crippen LogP contribution in [0.4, 0.5) is 0 Å². The predicted octanol–water partition coefficient (Wildman–Crippen LogP) is 4.60. The van der Waals surface area contributed by atoms with Gasteiger partial charge in [0.15, 0.2) is 11.5 Å². The summed E-state index contributed by atoms with van der Waals surface area (Å²) in [6.45, 7) is 10.2. The number of nitrogens with zero attached hydrogens (tertiary/aromatic N) is 3. The number of aliphatic imine (C=N–C) groups is 1. The zero-order valence-electron chi connectivity index (χ0n) is 21.5. The van der Waals surface area contributed by atoms with E-state index >= 15 is 0 Å². The van der Waals surface area contributed by atoms with Gasteiger partial charge in [-0.25, -0.2) is 0 Å². The normalized spacial score (nSPS) is 20.0. The highest BCUT2D eigenvalue weighted by molar-refractivity contribution is 6.15. The second kappa shape index (κ2) is 9.79. The van der Waals surface area contributed by atoms with Gasteiger partial charge in [0.05, 0.1) is 26.0 Å². The molecular weight excluding hydrogens is 426 g/mol. The number of rotatable bonds is 6. The van der Waals surface area contributed by atoms with Gasteiger partial charge in [-0.2, -0.15) is 0 Å². The first-order valence-electron chi connectivity index (χ1n) is 12.2. The second-order valence-electron chi connectivity index (χ2n) is 9.97. The van der Waals surface area contributed by atoms with Crippen molar-refractivity contribution in [2.45, 2.75) is 58.2 Å². The number of amides is 1. The molecule has 0 unspecified atom stereocenters. The summed E-state index contributed by atoms with van der Waals surface area (Å²) in [6, 6.07) is 12.6. The number of likely N-dealkylation sites (N-methyl/N-ethyl adjacent to an activating group) is 1. The summed E-state index contributed by atoms with van der Waals surface area (Å²) >= 11 is 0. The van der Waals surface area contributed by atoms with E-state index < -0.39 is 0 Å². The number of benzene rings is 2. The van der Waals surface area contributed by atoms with Crippen molar-refractivity contribution in [3.8, 4) is 11.5 Å². The Morgan fingerprint density at radius 1 is 1.03 bits per heavy atom. The van der Waals surface area contributed by atoms with Crippen LogP contribution in [0, 0.1) is 0 Å². The molecule has 2 aromatic carbocycles. The van der Waals surface area contributed by atoms with Crippen molar-refractivity contribution >= 4 is 11.6 Å². The highest BCUT2D eigenvalue weighted by Gasteiger charge is 2.36. The van der Waals surface area contributed by atoms with Crippen LogP contribution in [-0.4, -0.2) is 73.9 Å². The van der Waals surface area contributed by atoms with E-state index in [0.29, 0.717) is 17.2 Å². The molecule has 2 aromatic rings. The summed E-state index contributed by atoms with van der Waals surface area (Å²) in [7, 11) is 5.51. The summed E-state index contributed by atoms with van der Waals surface area (Å²) < 4.78 is 11.3. The molecule has 0 spiro atoms. The molecule has 1 amide bonds. The van der Waals surface area contributed by atoms with Crippen molar-refractivity contribution in [2.24, 2.45) is 4.99 Å². The van der Waals surface area contributed by atoms with Crippen LogP contribution in [0.25, 0.3) is 0 Å². The Hall–Kier alpha value is -2.86. The Kier molecular flexibility index (Phi) is 6.99. The van der Waals surface area contributed by atoms with Gasteiger partial charge in [-0.15, -0.1) is 0 Å². The third-order valence-electron chi connectivity index (χ3n) is 7.04. The lowest BCUT2D eigenvalue weighted by molar-refractivity contribution is 0.0643. The number of hydrogen-bond acceptors (Lipinski definition) is 5. The SMILES string of the molecule is COc1cc2c(cc1OC)[C@H]1CN(C)CC[C@H]1N=C2c1ccc(C(=O)N(C(C)C)C(C)C)cc1. The fourth-order valence-corrected chi connectivity index (χ4v) is 5.42. The summed E-state index contributed by atoms with van der Waals surface area (Å²) in [5.41, 5.74) is 5.02. The quantitative estimate of drug-likeness (QED) is 0.628. The number of carbonyl (C=O) groups is 1. The highest BCUT2D eigenvalue weighted by Crippen LogP contribution is 2.42. The first-order valence-corrected chi connectivity index (χ1v) is 12.2. The van der Waals surface area contributed by atoms with Gasteiger partial charge in [-0.3, -0.25) is 9.79 Å². The zero-order valence-corrected chi connectivity index (χ0v) is 21.5. The summed E-state index contributed by atoms with van der Waals surface area (Å²) in [5, 5.41) is 0. The lowest BCUT2D eigenvalue weighted by atomic mass is 9.79. The molecule has 6 heteroatoms. The number of carbonyl (C=O) groups excluding carboxylic acids is 1. The van der Waals surface area contributed by atoms with Gasteiger partial charge in [-0.05, 0) is 77.5 Å². The van der Waals surface area contributed by atoms with E-state index in [1.165, 1.54) is 5.56 Å². The largest absolute Gasteiger partial charge is 0.493 e. The Morgan fingerprint density at radius 3 is 2.24 bits per heavy atom. The molecule has 0 aliphatic carbocycles. The number of ether oxygens (including phenoxy) is 2. The van der Waals surface area contributed by atoms with Crippen LogP contribution in [0.3, 0.4) is 0 Å². The molecule has 0 bridgehead atoms. The molecule has 4 rings (SSSR count). The molecule has 1 saturated heterocycles. The third-order valence-corrected chi connectivity index (χ3v) is 7.04. The fourth-order valence-electron chi connectivity index (χ4n) is 5.42. The van der Waals surface area contributed by atoms with Crippen molar-refractivity contribution in [1.29, 1.82) is 0 Å². The average Bonchev–Trinajstić information content (AvgIpc) is 2.82. The molecule has 0 N–H and O–H groups in total. The van der Waals surface area contributed by atoms with Crippen molar-refractivity contribution in [2.75, 3.05) is 34.4 Å². The maximum Gasteiger partial charge on any atom is 0.254 e. The van der Waals surface area contributed by atoms with Gasteiger partial charge in [-0.1, -0.05) is 12.1 Å². The van der Waals surface area contributed by atoms with Crippen molar-refractivity contribution in [1.82, 2.24) is 9.80 Å². The predicted molar refractivity (Wildman–Crippen MR) is 137 cm³/mol. The molecule has 1 fully saturated rings. The van der Waals surface area contributed by atoms with E-state index in [-0.39, 0.29) is 24.0 Å². The topological polar surface area (TPSA) is 54.4 Å². The molecule has 2 aliphatic rings. The molecule has 2 atom stereocenters. The van der Waals surface area contributed by atoms with Crippen molar-refractivity contribution in [3.63, 3.8) is 0 Å². The van der Waals surface area contributed by atoms with Gasteiger partial charge in [0, 0.05) is 41.2 Å².